The molecular weight excluding hydrogens is 248 g/mol. The van der Waals surface area contributed by atoms with Gasteiger partial charge in [-0.25, -0.2) is 0 Å². The van der Waals surface area contributed by atoms with Crippen molar-refractivity contribution in [2.45, 2.75) is 50.8 Å². The number of hydrogen-bond donors (Lipinski definition) is 2. The van der Waals surface area contributed by atoms with Gasteiger partial charge in [0.1, 0.15) is 0 Å². The zero-order chi connectivity index (χ0) is 13.8. The molecule has 2 atom stereocenters. The molecule has 0 radical (unpaired) electrons. The van der Waals surface area contributed by atoms with Crippen LogP contribution in [0.2, 0.25) is 0 Å². The third kappa shape index (κ3) is 3.17. The van der Waals surface area contributed by atoms with Crippen LogP contribution in [0.25, 0.3) is 10.9 Å². The van der Waals surface area contributed by atoms with Crippen molar-refractivity contribution in [3.05, 3.63) is 42.1 Å². The Bertz CT molecular complexity index is 570. The first-order valence-corrected chi connectivity index (χ1v) is 7.58. The molecule has 2 aromatic rings. The number of nitrogens with zero attached hydrogens (tertiary/aromatic N) is 1. The molecule has 2 N–H and O–H groups in total. The normalized spacial score (nSPS) is 23.6. The van der Waals surface area contributed by atoms with Crippen molar-refractivity contribution in [3.63, 3.8) is 0 Å². The van der Waals surface area contributed by atoms with Crippen LogP contribution in [-0.2, 0) is 6.54 Å². The summed E-state index contributed by atoms with van der Waals surface area (Å²) in [5, 5.41) is 14.8. The molecular formula is C17H22N2O. The number of aliphatic hydroxyl groups is 1. The molecule has 1 saturated carbocycles. The predicted molar refractivity (Wildman–Crippen MR) is 81.5 cm³/mol. The topological polar surface area (TPSA) is 45.1 Å². The Morgan fingerprint density at radius 2 is 2.05 bits per heavy atom. The van der Waals surface area contributed by atoms with Crippen molar-refractivity contribution in [3.8, 4) is 0 Å². The lowest BCUT2D eigenvalue weighted by atomic mass is 10.1. The van der Waals surface area contributed by atoms with E-state index in [0.29, 0.717) is 0 Å². The minimum Gasteiger partial charge on any atom is -0.392 e. The first kappa shape index (κ1) is 13.5. The summed E-state index contributed by atoms with van der Waals surface area (Å²) in [6, 6.07) is 10.7. The van der Waals surface area contributed by atoms with Crippen LogP contribution in [0.15, 0.2) is 36.5 Å². The number of nitrogens with one attached hydrogen (secondary N) is 1. The molecule has 1 heterocycles. The minimum absolute atomic E-state index is 0.195. The fourth-order valence-corrected chi connectivity index (χ4v) is 3.01. The number of aromatic nitrogens is 1. The van der Waals surface area contributed by atoms with Crippen molar-refractivity contribution >= 4 is 10.9 Å². The molecule has 0 spiro atoms. The molecule has 0 saturated heterocycles. The van der Waals surface area contributed by atoms with E-state index in [9.17, 15) is 5.11 Å². The van der Waals surface area contributed by atoms with E-state index < -0.39 is 0 Å². The highest BCUT2D eigenvalue weighted by atomic mass is 16.3. The maximum Gasteiger partial charge on any atom is 0.0702 e. The Hall–Kier alpha value is -1.45. The average Bonchev–Trinajstić information content (AvgIpc) is 2.69. The first-order valence-electron chi connectivity index (χ1n) is 7.58. The lowest BCUT2D eigenvalue weighted by molar-refractivity contribution is 0.119. The number of hydrogen-bond acceptors (Lipinski definition) is 3. The van der Waals surface area contributed by atoms with Crippen LogP contribution in [0.1, 0.15) is 37.7 Å². The largest absolute Gasteiger partial charge is 0.392 e. The fraction of sp³-hybridized carbons (Fsp3) is 0.471. The van der Waals surface area contributed by atoms with Gasteiger partial charge in [-0.05, 0) is 36.6 Å². The van der Waals surface area contributed by atoms with Crippen LogP contribution < -0.4 is 5.32 Å². The van der Waals surface area contributed by atoms with Crippen molar-refractivity contribution in [2.24, 2.45) is 0 Å². The highest BCUT2D eigenvalue weighted by molar-refractivity contribution is 5.78. The summed E-state index contributed by atoms with van der Waals surface area (Å²) < 4.78 is 0. The van der Waals surface area contributed by atoms with Crippen molar-refractivity contribution in [1.82, 2.24) is 10.3 Å². The van der Waals surface area contributed by atoms with Gasteiger partial charge in [0.2, 0.25) is 0 Å². The van der Waals surface area contributed by atoms with Gasteiger partial charge in [0.25, 0.3) is 0 Å². The van der Waals surface area contributed by atoms with Crippen molar-refractivity contribution in [2.75, 3.05) is 0 Å². The molecule has 3 rings (SSSR count). The minimum atomic E-state index is -0.195. The quantitative estimate of drug-likeness (QED) is 0.843. The van der Waals surface area contributed by atoms with E-state index in [1.165, 1.54) is 23.8 Å². The lowest BCUT2D eigenvalue weighted by Gasteiger charge is -2.22. The van der Waals surface area contributed by atoms with Crippen LogP contribution in [0, 0.1) is 0 Å². The Morgan fingerprint density at radius 1 is 1.15 bits per heavy atom. The van der Waals surface area contributed by atoms with E-state index in [0.717, 1.165) is 31.3 Å². The summed E-state index contributed by atoms with van der Waals surface area (Å²) in [6.07, 6.45) is 7.26. The van der Waals surface area contributed by atoms with Crippen LogP contribution in [0.3, 0.4) is 0 Å². The van der Waals surface area contributed by atoms with Crippen LogP contribution in [0.4, 0.5) is 0 Å². The van der Waals surface area contributed by atoms with Crippen LogP contribution in [0.5, 0.6) is 0 Å². The van der Waals surface area contributed by atoms with Gasteiger partial charge in [0, 0.05) is 24.2 Å². The number of fused-ring (bicyclic) bond motifs is 1. The summed E-state index contributed by atoms with van der Waals surface area (Å²) >= 11 is 0. The summed E-state index contributed by atoms with van der Waals surface area (Å²) in [5.41, 5.74) is 2.28. The van der Waals surface area contributed by atoms with E-state index in [4.69, 9.17) is 0 Å². The highest BCUT2D eigenvalue weighted by Crippen LogP contribution is 2.19. The van der Waals surface area contributed by atoms with Gasteiger partial charge in [-0.2, -0.15) is 0 Å². The van der Waals surface area contributed by atoms with E-state index in [1.807, 2.05) is 12.3 Å². The molecule has 1 aromatic carbocycles. The molecule has 0 aliphatic heterocycles. The highest BCUT2D eigenvalue weighted by Gasteiger charge is 2.20. The van der Waals surface area contributed by atoms with Crippen LogP contribution in [-0.4, -0.2) is 22.2 Å². The molecule has 1 fully saturated rings. The van der Waals surface area contributed by atoms with E-state index >= 15 is 0 Å². The number of benzene rings is 1. The summed E-state index contributed by atoms with van der Waals surface area (Å²) in [6.45, 7) is 0.812. The number of rotatable bonds is 3. The van der Waals surface area contributed by atoms with Crippen molar-refractivity contribution < 1.29 is 5.11 Å². The monoisotopic (exact) mass is 270 g/mol. The van der Waals surface area contributed by atoms with Gasteiger partial charge < -0.3 is 10.4 Å². The molecule has 2 unspecified atom stereocenters. The third-order valence-corrected chi connectivity index (χ3v) is 4.22. The predicted octanol–water partition coefficient (Wildman–Crippen LogP) is 3.02. The summed E-state index contributed by atoms with van der Waals surface area (Å²) in [7, 11) is 0. The van der Waals surface area contributed by atoms with E-state index in [-0.39, 0.29) is 12.1 Å². The Balaban J connectivity index is 1.66. The Morgan fingerprint density at radius 3 is 3.00 bits per heavy atom. The lowest BCUT2D eigenvalue weighted by Crippen LogP contribution is -2.38. The maximum atomic E-state index is 10.1. The zero-order valence-electron chi connectivity index (χ0n) is 11.8. The third-order valence-electron chi connectivity index (χ3n) is 4.22. The van der Waals surface area contributed by atoms with Gasteiger partial charge in [-0.3, -0.25) is 4.98 Å². The molecule has 0 bridgehead atoms. The van der Waals surface area contributed by atoms with Crippen LogP contribution >= 0.6 is 0 Å². The summed E-state index contributed by atoms with van der Waals surface area (Å²) in [4.78, 5) is 4.34. The SMILES string of the molecule is OC1CCCCCC1NCc1ccc2ncccc2c1. The molecule has 1 aliphatic rings. The van der Waals surface area contributed by atoms with Gasteiger partial charge in [0.05, 0.1) is 11.6 Å². The van der Waals surface area contributed by atoms with Gasteiger partial charge >= 0.3 is 0 Å². The van der Waals surface area contributed by atoms with Gasteiger partial charge in [0.15, 0.2) is 0 Å². The Labute approximate surface area is 120 Å². The molecule has 1 aromatic heterocycles. The second-order valence-corrected chi connectivity index (χ2v) is 5.72. The van der Waals surface area contributed by atoms with Gasteiger partial charge in [-0.1, -0.05) is 31.4 Å². The standard InChI is InChI=1S/C17H22N2O/c20-17-7-3-1-2-6-16(17)19-12-13-8-9-15-14(11-13)5-4-10-18-15/h4-5,8-11,16-17,19-20H,1-3,6-7,12H2. The fourth-order valence-electron chi connectivity index (χ4n) is 3.01. The zero-order valence-corrected chi connectivity index (χ0v) is 11.8. The first-order chi connectivity index (χ1) is 9.83. The van der Waals surface area contributed by atoms with Crippen molar-refractivity contribution in [1.29, 1.82) is 0 Å². The van der Waals surface area contributed by atoms with E-state index in [1.54, 1.807) is 0 Å². The Kier molecular flexibility index (Phi) is 4.28. The van der Waals surface area contributed by atoms with Gasteiger partial charge in [-0.15, -0.1) is 0 Å². The smallest absolute Gasteiger partial charge is 0.0702 e. The molecule has 20 heavy (non-hydrogen) atoms. The molecule has 3 nitrogen and oxygen atoms in total. The average molecular weight is 270 g/mol. The second kappa shape index (κ2) is 6.33. The number of pyridine rings is 1. The molecule has 0 amide bonds. The second-order valence-electron chi connectivity index (χ2n) is 5.72. The maximum absolute atomic E-state index is 10.1. The molecule has 1 aliphatic carbocycles. The number of aliphatic hydroxyl groups excluding tert-OH is 1. The molecule has 3 heteroatoms. The van der Waals surface area contributed by atoms with E-state index in [2.05, 4.69) is 34.6 Å². The summed E-state index contributed by atoms with van der Waals surface area (Å²) in [5.74, 6) is 0. The molecule has 106 valence electrons.